The smallest absolute Gasteiger partial charge is 0.0412 e. The molecule has 2 aromatic rings. The van der Waals surface area contributed by atoms with Crippen LogP contribution in [0, 0.1) is 0 Å². The fourth-order valence-corrected chi connectivity index (χ4v) is 2.80. The number of hydrogen-bond acceptors (Lipinski definition) is 1. The molecule has 0 heterocycles. The van der Waals surface area contributed by atoms with E-state index in [2.05, 4.69) is 24.3 Å². The molecule has 86 valence electrons. The summed E-state index contributed by atoms with van der Waals surface area (Å²) in [5, 5.41) is 0.780. The summed E-state index contributed by atoms with van der Waals surface area (Å²) in [7, 11) is 0. The molecule has 2 aromatic carbocycles. The first-order valence-electron chi connectivity index (χ1n) is 5.89. The van der Waals surface area contributed by atoms with Gasteiger partial charge in [0, 0.05) is 11.1 Å². The van der Waals surface area contributed by atoms with Gasteiger partial charge in [-0.1, -0.05) is 41.9 Å². The van der Waals surface area contributed by atoms with Crippen LogP contribution in [0.1, 0.15) is 23.6 Å². The second-order valence-corrected chi connectivity index (χ2v) is 4.97. The molecule has 1 aliphatic rings. The molecule has 1 unspecified atom stereocenters. The van der Waals surface area contributed by atoms with Crippen LogP contribution in [-0.4, -0.2) is 0 Å². The van der Waals surface area contributed by atoms with Crippen molar-refractivity contribution >= 4 is 11.6 Å². The summed E-state index contributed by atoms with van der Waals surface area (Å²) in [4.78, 5) is 0. The van der Waals surface area contributed by atoms with Gasteiger partial charge in [-0.3, -0.25) is 0 Å². The molecule has 3 rings (SSSR count). The third kappa shape index (κ3) is 1.86. The van der Waals surface area contributed by atoms with Crippen LogP contribution in [-0.2, 0) is 6.42 Å². The highest BCUT2D eigenvalue weighted by atomic mass is 35.5. The summed E-state index contributed by atoms with van der Waals surface area (Å²) >= 11 is 6.05. The van der Waals surface area contributed by atoms with Gasteiger partial charge in [-0.2, -0.15) is 0 Å². The molecule has 0 spiro atoms. The van der Waals surface area contributed by atoms with E-state index < -0.39 is 0 Å². The average Bonchev–Trinajstić information content (AvgIpc) is 2.71. The molecule has 2 heteroatoms. The minimum absolute atomic E-state index is 0.198. The lowest BCUT2D eigenvalue weighted by atomic mass is 9.96. The Labute approximate surface area is 106 Å². The molecule has 1 aliphatic carbocycles. The summed E-state index contributed by atoms with van der Waals surface area (Å²) in [5.41, 5.74) is 11.2. The highest BCUT2D eigenvalue weighted by molar-refractivity contribution is 6.30. The first kappa shape index (κ1) is 10.8. The van der Waals surface area contributed by atoms with Crippen molar-refractivity contribution in [1.82, 2.24) is 0 Å². The zero-order valence-electron chi connectivity index (χ0n) is 9.49. The van der Waals surface area contributed by atoms with Gasteiger partial charge in [0.25, 0.3) is 0 Å². The fraction of sp³-hybridized carbons (Fsp3) is 0.200. The van der Waals surface area contributed by atoms with Crippen LogP contribution >= 0.6 is 11.6 Å². The van der Waals surface area contributed by atoms with Gasteiger partial charge in [0.1, 0.15) is 0 Å². The minimum atomic E-state index is 0.198. The Bertz CT molecular complexity index is 563. The lowest BCUT2D eigenvalue weighted by Crippen LogP contribution is -2.04. The van der Waals surface area contributed by atoms with Gasteiger partial charge in [-0.15, -0.1) is 0 Å². The maximum Gasteiger partial charge on any atom is 0.0412 e. The van der Waals surface area contributed by atoms with Gasteiger partial charge in [0.2, 0.25) is 0 Å². The second kappa shape index (κ2) is 4.17. The first-order chi connectivity index (χ1) is 8.25. The summed E-state index contributed by atoms with van der Waals surface area (Å²) in [5.74, 6) is 0. The lowest BCUT2D eigenvalue weighted by Gasteiger charge is -2.10. The molecular formula is C15H14ClN. The monoisotopic (exact) mass is 243 g/mol. The van der Waals surface area contributed by atoms with Crippen molar-refractivity contribution in [3.63, 3.8) is 0 Å². The van der Waals surface area contributed by atoms with Gasteiger partial charge in [0.15, 0.2) is 0 Å². The molecule has 0 saturated heterocycles. The molecule has 0 amide bonds. The first-order valence-corrected chi connectivity index (χ1v) is 6.27. The van der Waals surface area contributed by atoms with E-state index >= 15 is 0 Å². The molecule has 0 aliphatic heterocycles. The zero-order chi connectivity index (χ0) is 11.8. The Morgan fingerprint density at radius 1 is 1.12 bits per heavy atom. The van der Waals surface area contributed by atoms with Gasteiger partial charge in [-0.05, 0) is 47.2 Å². The van der Waals surface area contributed by atoms with Crippen LogP contribution in [0.2, 0.25) is 5.02 Å². The molecule has 1 atom stereocenters. The van der Waals surface area contributed by atoms with Gasteiger partial charge < -0.3 is 5.73 Å². The molecule has 0 bridgehead atoms. The Balaban J connectivity index is 2.17. The summed E-state index contributed by atoms with van der Waals surface area (Å²) in [6.07, 6.45) is 2.12. The van der Waals surface area contributed by atoms with Gasteiger partial charge >= 0.3 is 0 Å². The van der Waals surface area contributed by atoms with Gasteiger partial charge in [-0.25, -0.2) is 0 Å². The van der Waals surface area contributed by atoms with Crippen LogP contribution in [0.25, 0.3) is 11.1 Å². The Morgan fingerprint density at radius 2 is 1.94 bits per heavy atom. The van der Waals surface area contributed by atoms with Crippen LogP contribution < -0.4 is 5.73 Å². The van der Waals surface area contributed by atoms with E-state index in [-0.39, 0.29) is 6.04 Å². The maximum atomic E-state index is 6.10. The molecule has 0 saturated carbocycles. The SMILES string of the molecule is NC1CCc2c(-c3cccc(Cl)c3)cccc21. The highest BCUT2D eigenvalue weighted by Crippen LogP contribution is 2.36. The minimum Gasteiger partial charge on any atom is -0.324 e. The van der Waals surface area contributed by atoms with Crippen LogP contribution in [0.3, 0.4) is 0 Å². The predicted octanol–water partition coefficient (Wildman–Crippen LogP) is 3.95. The fourth-order valence-electron chi connectivity index (χ4n) is 2.61. The zero-order valence-corrected chi connectivity index (χ0v) is 10.2. The standard InChI is InChI=1S/C15H14ClN/c16-11-4-1-3-10(9-11)12-5-2-6-14-13(12)7-8-15(14)17/h1-6,9,15H,7-8,17H2. The number of hydrogen-bond donors (Lipinski definition) is 1. The summed E-state index contributed by atoms with van der Waals surface area (Å²) in [6, 6.07) is 14.6. The third-order valence-electron chi connectivity index (χ3n) is 3.45. The quantitative estimate of drug-likeness (QED) is 0.806. The molecule has 2 N–H and O–H groups in total. The Morgan fingerprint density at radius 3 is 2.76 bits per heavy atom. The molecular weight excluding hydrogens is 230 g/mol. The average molecular weight is 244 g/mol. The number of halogens is 1. The molecule has 0 fully saturated rings. The number of rotatable bonds is 1. The Hall–Kier alpha value is -1.31. The van der Waals surface area contributed by atoms with Crippen molar-refractivity contribution in [2.24, 2.45) is 5.73 Å². The van der Waals surface area contributed by atoms with Crippen molar-refractivity contribution in [1.29, 1.82) is 0 Å². The highest BCUT2D eigenvalue weighted by Gasteiger charge is 2.21. The third-order valence-corrected chi connectivity index (χ3v) is 3.69. The van der Waals surface area contributed by atoms with Crippen molar-refractivity contribution in [2.75, 3.05) is 0 Å². The maximum absolute atomic E-state index is 6.10. The second-order valence-electron chi connectivity index (χ2n) is 4.53. The molecule has 1 nitrogen and oxygen atoms in total. The Kier molecular flexibility index (Phi) is 2.65. The molecule has 0 aromatic heterocycles. The van der Waals surface area contributed by atoms with E-state index in [1.54, 1.807) is 0 Å². The summed E-state index contributed by atoms with van der Waals surface area (Å²) in [6.45, 7) is 0. The van der Waals surface area contributed by atoms with E-state index in [4.69, 9.17) is 17.3 Å². The van der Waals surface area contributed by atoms with E-state index in [0.717, 1.165) is 17.9 Å². The predicted molar refractivity (Wildman–Crippen MR) is 72.1 cm³/mol. The molecule has 17 heavy (non-hydrogen) atoms. The normalized spacial score (nSPS) is 18.1. The topological polar surface area (TPSA) is 26.0 Å². The molecule has 0 radical (unpaired) electrons. The van der Waals surface area contributed by atoms with Crippen LogP contribution in [0.15, 0.2) is 42.5 Å². The van der Waals surface area contributed by atoms with Crippen molar-refractivity contribution in [3.8, 4) is 11.1 Å². The number of nitrogens with two attached hydrogens (primary N) is 1. The lowest BCUT2D eigenvalue weighted by molar-refractivity contribution is 0.713. The number of fused-ring (bicyclic) bond motifs is 1. The number of benzene rings is 2. The van der Waals surface area contributed by atoms with E-state index in [1.807, 2.05) is 18.2 Å². The van der Waals surface area contributed by atoms with Crippen LogP contribution in [0.4, 0.5) is 0 Å². The van der Waals surface area contributed by atoms with Crippen molar-refractivity contribution < 1.29 is 0 Å². The summed E-state index contributed by atoms with van der Waals surface area (Å²) < 4.78 is 0. The van der Waals surface area contributed by atoms with Crippen molar-refractivity contribution in [2.45, 2.75) is 18.9 Å². The van der Waals surface area contributed by atoms with E-state index in [0.29, 0.717) is 0 Å². The van der Waals surface area contributed by atoms with Gasteiger partial charge in [0.05, 0.1) is 0 Å². The van der Waals surface area contributed by atoms with E-state index in [1.165, 1.54) is 22.3 Å². The largest absolute Gasteiger partial charge is 0.324 e. The van der Waals surface area contributed by atoms with E-state index in [9.17, 15) is 0 Å². The van der Waals surface area contributed by atoms with Crippen molar-refractivity contribution in [3.05, 3.63) is 58.6 Å². The van der Waals surface area contributed by atoms with Crippen LogP contribution in [0.5, 0.6) is 0 Å².